The second-order valence-corrected chi connectivity index (χ2v) is 4.02. The molecule has 0 atom stereocenters. The van der Waals surface area contributed by atoms with Crippen LogP contribution in [0.15, 0.2) is 36.5 Å². The van der Waals surface area contributed by atoms with E-state index in [1.807, 2.05) is 0 Å². The number of methoxy groups -OCH3 is 1. The van der Waals surface area contributed by atoms with Crippen molar-refractivity contribution in [2.45, 2.75) is 0 Å². The zero-order chi connectivity index (χ0) is 15.4. The van der Waals surface area contributed by atoms with E-state index in [1.165, 1.54) is 31.5 Å². The van der Waals surface area contributed by atoms with E-state index in [1.54, 1.807) is 6.07 Å². The summed E-state index contributed by atoms with van der Waals surface area (Å²) < 4.78 is 18.4. The van der Waals surface area contributed by atoms with E-state index in [4.69, 9.17) is 5.11 Å². The van der Waals surface area contributed by atoms with Crippen LogP contribution in [0.1, 0.15) is 20.7 Å². The molecule has 0 aliphatic rings. The number of aromatic nitrogens is 1. The molecule has 1 heterocycles. The number of carboxylic acid groups (broad SMARTS) is 1. The number of nitrogens with zero attached hydrogens (tertiary/aromatic N) is 1. The topological polar surface area (TPSA) is 88.5 Å². The lowest BCUT2D eigenvalue weighted by Crippen LogP contribution is -2.08. The number of ether oxygens (including phenoxy) is 1. The predicted octanol–water partition coefficient (Wildman–Crippen LogP) is 2.45. The summed E-state index contributed by atoms with van der Waals surface area (Å²) in [5, 5.41) is 11.4. The smallest absolute Gasteiger partial charge is 0.341 e. The van der Waals surface area contributed by atoms with Crippen LogP contribution in [0.4, 0.5) is 15.9 Å². The first kappa shape index (κ1) is 14.4. The number of esters is 1. The molecule has 0 unspecified atom stereocenters. The fourth-order valence-corrected chi connectivity index (χ4v) is 1.66. The third-order valence-electron chi connectivity index (χ3n) is 2.68. The molecule has 0 aliphatic carbocycles. The van der Waals surface area contributed by atoms with Crippen LogP contribution < -0.4 is 5.32 Å². The molecule has 0 radical (unpaired) electrons. The molecule has 6 nitrogen and oxygen atoms in total. The van der Waals surface area contributed by atoms with Crippen molar-refractivity contribution in [1.82, 2.24) is 4.98 Å². The molecule has 2 aromatic rings. The van der Waals surface area contributed by atoms with E-state index in [0.29, 0.717) is 0 Å². The van der Waals surface area contributed by atoms with Gasteiger partial charge in [-0.3, -0.25) is 0 Å². The highest BCUT2D eigenvalue weighted by Crippen LogP contribution is 2.22. The summed E-state index contributed by atoms with van der Waals surface area (Å²) in [5.74, 6) is -2.50. The van der Waals surface area contributed by atoms with Gasteiger partial charge in [-0.25, -0.2) is 19.0 Å². The summed E-state index contributed by atoms with van der Waals surface area (Å²) in [6.45, 7) is 0. The minimum absolute atomic E-state index is 0.00357. The number of pyridine rings is 1. The predicted molar refractivity (Wildman–Crippen MR) is 72.2 cm³/mol. The Hall–Kier alpha value is -2.96. The summed E-state index contributed by atoms with van der Waals surface area (Å²) in [6.07, 6.45) is 1.43. The number of rotatable bonds is 4. The number of aromatic carboxylic acids is 1. The second-order valence-electron chi connectivity index (χ2n) is 4.02. The fraction of sp³-hybridized carbons (Fsp3) is 0.0714. The third kappa shape index (κ3) is 3.14. The summed E-state index contributed by atoms with van der Waals surface area (Å²) in [5.41, 5.74) is -0.0298. The molecule has 1 aromatic carbocycles. The molecule has 0 saturated heterocycles. The molecule has 0 bridgehead atoms. The molecular formula is C14H11FN2O4. The van der Waals surface area contributed by atoms with Crippen LogP contribution in [-0.2, 0) is 4.74 Å². The first-order valence-corrected chi connectivity index (χ1v) is 5.86. The van der Waals surface area contributed by atoms with Gasteiger partial charge in [-0.1, -0.05) is 0 Å². The van der Waals surface area contributed by atoms with E-state index in [9.17, 15) is 14.0 Å². The summed E-state index contributed by atoms with van der Waals surface area (Å²) in [7, 11) is 1.22. The standard InChI is InChI=1S/C14H11FN2O4/c1-21-14(20)9-3-2-6-16-12(9)17-11-5-4-8(13(18)19)7-10(11)15/h2-7H,1H3,(H,16,17)(H,18,19). The van der Waals surface area contributed by atoms with Gasteiger partial charge in [0.2, 0.25) is 0 Å². The average Bonchev–Trinajstić information content (AvgIpc) is 2.49. The minimum Gasteiger partial charge on any atom is -0.478 e. The highest BCUT2D eigenvalue weighted by molar-refractivity contribution is 5.95. The molecule has 108 valence electrons. The minimum atomic E-state index is -1.23. The van der Waals surface area contributed by atoms with Crippen molar-refractivity contribution in [3.63, 3.8) is 0 Å². The fourth-order valence-electron chi connectivity index (χ4n) is 1.66. The number of carbonyl (C=O) groups excluding carboxylic acids is 1. The Kier molecular flexibility index (Phi) is 4.13. The number of nitrogens with one attached hydrogen (secondary N) is 1. The van der Waals surface area contributed by atoms with Crippen LogP contribution in [-0.4, -0.2) is 29.1 Å². The largest absolute Gasteiger partial charge is 0.478 e. The van der Waals surface area contributed by atoms with Crippen molar-refractivity contribution in [3.8, 4) is 0 Å². The van der Waals surface area contributed by atoms with E-state index in [2.05, 4.69) is 15.0 Å². The van der Waals surface area contributed by atoms with Gasteiger partial charge in [0.1, 0.15) is 17.2 Å². The van der Waals surface area contributed by atoms with Crippen molar-refractivity contribution in [1.29, 1.82) is 0 Å². The number of benzene rings is 1. The van der Waals surface area contributed by atoms with Crippen molar-refractivity contribution < 1.29 is 23.8 Å². The van der Waals surface area contributed by atoms with Gasteiger partial charge in [0.15, 0.2) is 0 Å². The molecule has 1 aromatic heterocycles. The van der Waals surface area contributed by atoms with Crippen molar-refractivity contribution in [2.24, 2.45) is 0 Å². The van der Waals surface area contributed by atoms with Crippen LogP contribution >= 0.6 is 0 Å². The molecule has 0 amide bonds. The Morgan fingerprint density at radius 3 is 2.71 bits per heavy atom. The van der Waals surface area contributed by atoms with Gasteiger partial charge in [0.05, 0.1) is 18.4 Å². The maximum absolute atomic E-state index is 13.8. The molecule has 7 heteroatoms. The first-order valence-electron chi connectivity index (χ1n) is 5.86. The zero-order valence-electron chi connectivity index (χ0n) is 11.0. The average molecular weight is 290 g/mol. The quantitative estimate of drug-likeness (QED) is 0.841. The summed E-state index contributed by atoms with van der Waals surface area (Å²) in [4.78, 5) is 26.3. The molecule has 0 fully saturated rings. The van der Waals surface area contributed by atoms with Gasteiger partial charge >= 0.3 is 11.9 Å². The van der Waals surface area contributed by atoms with Crippen molar-refractivity contribution in [3.05, 3.63) is 53.5 Å². The zero-order valence-corrected chi connectivity index (χ0v) is 11.0. The summed E-state index contributed by atoms with van der Waals surface area (Å²) >= 11 is 0. The van der Waals surface area contributed by atoms with Crippen LogP contribution in [0.5, 0.6) is 0 Å². The van der Waals surface area contributed by atoms with E-state index in [0.717, 1.165) is 6.07 Å². The SMILES string of the molecule is COC(=O)c1cccnc1Nc1ccc(C(=O)O)cc1F. The number of carboxylic acids is 1. The van der Waals surface area contributed by atoms with Crippen molar-refractivity contribution >= 4 is 23.4 Å². The van der Waals surface area contributed by atoms with E-state index >= 15 is 0 Å². The maximum Gasteiger partial charge on any atom is 0.341 e. The summed E-state index contributed by atoms with van der Waals surface area (Å²) in [6, 6.07) is 6.40. The molecule has 0 saturated carbocycles. The lowest BCUT2D eigenvalue weighted by atomic mass is 10.2. The van der Waals surface area contributed by atoms with Gasteiger partial charge in [-0.2, -0.15) is 0 Å². The number of anilines is 2. The van der Waals surface area contributed by atoms with Gasteiger partial charge in [-0.15, -0.1) is 0 Å². The Morgan fingerprint density at radius 2 is 2.10 bits per heavy atom. The van der Waals surface area contributed by atoms with Crippen LogP contribution in [0, 0.1) is 5.82 Å². The Labute approximate surface area is 119 Å². The van der Waals surface area contributed by atoms with Crippen LogP contribution in [0.25, 0.3) is 0 Å². The van der Waals surface area contributed by atoms with Gasteiger partial charge in [0, 0.05) is 6.20 Å². The molecule has 21 heavy (non-hydrogen) atoms. The molecule has 2 rings (SSSR count). The number of hydrogen-bond donors (Lipinski definition) is 2. The Morgan fingerprint density at radius 1 is 1.33 bits per heavy atom. The van der Waals surface area contributed by atoms with Gasteiger partial charge in [-0.05, 0) is 30.3 Å². The van der Waals surface area contributed by atoms with Gasteiger partial charge < -0.3 is 15.2 Å². The monoisotopic (exact) mass is 290 g/mol. The highest BCUT2D eigenvalue weighted by atomic mass is 19.1. The van der Waals surface area contributed by atoms with Crippen LogP contribution in [0.2, 0.25) is 0 Å². The van der Waals surface area contributed by atoms with E-state index < -0.39 is 17.8 Å². The Balaban J connectivity index is 2.35. The molecule has 2 N–H and O–H groups in total. The number of hydrogen-bond acceptors (Lipinski definition) is 5. The first-order chi connectivity index (χ1) is 10.0. The van der Waals surface area contributed by atoms with Crippen molar-refractivity contribution in [2.75, 3.05) is 12.4 Å². The molecule has 0 spiro atoms. The number of carbonyl (C=O) groups is 2. The number of halogens is 1. The lowest BCUT2D eigenvalue weighted by Gasteiger charge is -2.10. The molecule has 0 aliphatic heterocycles. The van der Waals surface area contributed by atoms with E-state index in [-0.39, 0.29) is 22.6 Å². The lowest BCUT2D eigenvalue weighted by molar-refractivity contribution is 0.0600. The normalized spacial score (nSPS) is 10.0. The Bertz CT molecular complexity index is 703. The van der Waals surface area contributed by atoms with Gasteiger partial charge in [0.25, 0.3) is 0 Å². The van der Waals surface area contributed by atoms with Crippen LogP contribution in [0.3, 0.4) is 0 Å². The second kappa shape index (κ2) is 6.00. The maximum atomic E-state index is 13.8. The third-order valence-corrected chi connectivity index (χ3v) is 2.68. The molecular weight excluding hydrogens is 279 g/mol. The highest BCUT2D eigenvalue weighted by Gasteiger charge is 2.15.